The fraction of sp³-hybridized carbons (Fsp3) is 0.538. The first-order chi connectivity index (χ1) is 8.62. The molecule has 0 aromatic heterocycles. The van der Waals surface area contributed by atoms with Crippen molar-refractivity contribution >= 4 is 22.4 Å². The minimum atomic E-state index is -3.01. The van der Waals surface area contributed by atoms with Gasteiger partial charge < -0.3 is 0 Å². The monoisotopic (exact) mass is 304 g/mol. The second kappa shape index (κ2) is 7.24. The Balaban J connectivity index is 0.00000180. The summed E-state index contributed by atoms with van der Waals surface area (Å²) in [5.41, 5.74) is 1.28. The zero-order valence-corrected chi connectivity index (χ0v) is 12.8. The van der Waals surface area contributed by atoms with Crippen molar-refractivity contribution in [3.8, 4) is 0 Å². The molecular formula is C13H21ClN2O2S. The predicted molar refractivity (Wildman–Crippen MR) is 80.0 cm³/mol. The van der Waals surface area contributed by atoms with Crippen molar-refractivity contribution in [2.75, 3.05) is 31.9 Å². The van der Waals surface area contributed by atoms with E-state index in [0.29, 0.717) is 13.1 Å². The molecule has 1 heterocycles. The lowest BCUT2D eigenvalue weighted by atomic mass is 10.2. The highest BCUT2D eigenvalue weighted by Crippen LogP contribution is 2.11. The van der Waals surface area contributed by atoms with Crippen LogP contribution in [0.1, 0.15) is 12.5 Å². The molecule has 6 heteroatoms. The Morgan fingerprint density at radius 2 is 1.63 bits per heavy atom. The van der Waals surface area contributed by atoms with Crippen molar-refractivity contribution in [2.24, 2.45) is 0 Å². The van der Waals surface area contributed by atoms with E-state index in [1.54, 1.807) is 11.2 Å². The number of sulfonamides is 1. The maximum atomic E-state index is 11.7. The number of hydrogen-bond acceptors (Lipinski definition) is 3. The summed E-state index contributed by atoms with van der Waals surface area (Å²) < 4.78 is 25.1. The summed E-state index contributed by atoms with van der Waals surface area (Å²) in [6.45, 7) is 5.46. The van der Waals surface area contributed by atoms with Crippen LogP contribution in [0.4, 0.5) is 0 Å². The van der Waals surface area contributed by atoms with Crippen LogP contribution in [0.3, 0.4) is 0 Å². The number of benzene rings is 1. The van der Waals surface area contributed by atoms with E-state index >= 15 is 0 Å². The van der Waals surface area contributed by atoms with Crippen LogP contribution in [0.5, 0.6) is 0 Å². The van der Waals surface area contributed by atoms with Gasteiger partial charge in [0.05, 0.1) is 5.75 Å². The first kappa shape index (κ1) is 16.4. The van der Waals surface area contributed by atoms with E-state index in [9.17, 15) is 8.42 Å². The highest BCUT2D eigenvalue weighted by atomic mass is 35.5. The summed E-state index contributed by atoms with van der Waals surface area (Å²) in [5, 5.41) is 0. The molecule has 0 aliphatic carbocycles. The molecule has 1 aliphatic heterocycles. The van der Waals surface area contributed by atoms with Crippen molar-refractivity contribution in [1.29, 1.82) is 0 Å². The van der Waals surface area contributed by atoms with Gasteiger partial charge in [0.2, 0.25) is 10.0 Å². The molecule has 2 rings (SSSR count). The van der Waals surface area contributed by atoms with E-state index in [-0.39, 0.29) is 18.2 Å². The number of nitrogens with zero attached hydrogens (tertiary/aromatic N) is 2. The van der Waals surface area contributed by atoms with Crippen LogP contribution in [-0.2, 0) is 16.6 Å². The third kappa shape index (κ3) is 4.45. The molecule has 108 valence electrons. The molecule has 0 radical (unpaired) electrons. The zero-order valence-electron chi connectivity index (χ0n) is 11.2. The molecule has 0 N–H and O–H groups in total. The molecular weight excluding hydrogens is 284 g/mol. The molecule has 0 spiro atoms. The van der Waals surface area contributed by atoms with Crippen LogP contribution in [0.15, 0.2) is 30.3 Å². The Hall–Kier alpha value is -0.620. The molecule has 0 bridgehead atoms. The van der Waals surface area contributed by atoms with Crippen LogP contribution in [-0.4, -0.2) is 49.6 Å². The van der Waals surface area contributed by atoms with Crippen LogP contribution in [0.25, 0.3) is 0 Å². The lowest BCUT2D eigenvalue weighted by Crippen LogP contribution is -2.48. The van der Waals surface area contributed by atoms with Gasteiger partial charge in [0.15, 0.2) is 0 Å². The molecule has 1 aromatic carbocycles. The third-order valence-corrected chi connectivity index (χ3v) is 5.22. The number of halogens is 1. The second-order valence-corrected chi connectivity index (χ2v) is 6.82. The smallest absolute Gasteiger partial charge is 0.213 e. The fourth-order valence-electron chi connectivity index (χ4n) is 2.19. The number of hydrogen-bond donors (Lipinski definition) is 0. The molecule has 0 amide bonds. The lowest BCUT2D eigenvalue weighted by molar-refractivity contribution is 0.182. The number of rotatable bonds is 4. The summed E-state index contributed by atoms with van der Waals surface area (Å²) >= 11 is 0. The Morgan fingerprint density at radius 1 is 1.05 bits per heavy atom. The maximum absolute atomic E-state index is 11.7. The van der Waals surface area contributed by atoms with Gasteiger partial charge in [-0.15, -0.1) is 12.4 Å². The first-order valence-corrected chi connectivity index (χ1v) is 7.97. The van der Waals surface area contributed by atoms with Crippen molar-refractivity contribution in [1.82, 2.24) is 9.21 Å². The molecule has 4 nitrogen and oxygen atoms in total. The molecule has 0 saturated carbocycles. The van der Waals surface area contributed by atoms with Crippen LogP contribution in [0.2, 0.25) is 0 Å². The molecule has 0 unspecified atom stereocenters. The van der Waals surface area contributed by atoms with Gasteiger partial charge in [0.25, 0.3) is 0 Å². The van der Waals surface area contributed by atoms with E-state index in [0.717, 1.165) is 19.6 Å². The molecule has 1 saturated heterocycles. The number of piperazine rings is 1. The Bertz CT molecular complexity index is 471. The van der Waals surface area contributed by atoms with Gasteiger partial charge in [-0.2, -0.15) is 4.31 Å². The summed E-state index contributed by atoms with van der Waals surface area (Å²) in [6, 6.07) is 10.3. The van der Waals surface area contributed by atoms with E-state index in [4.69, 9.17) is 0 Å². The summed E-state index contributed by atoms with van der Waals surface area (Å²) in [5.74, 6) is 0.200. The lowest BCUT2D eigenvalue weighted by Gasteiger charge is -2.33. The Labute approximate surface area is 121 Å². The predicted octanol–water partition coefficient (Wildman–Crippen LogP) is 1.58. The first-order valence-electron chi connectivity index (χ1n) is 6.36. The van der Waals surface area contributed by atoms with Crippen molar-refractivity contribution < 1.29 is 8.42 Å². The maximum Gasteiger partial charge on any atom is 0.213 e. The minimum absolute atomic E-state index is 0. The highest BCUT2D eigenvalue weighted by Gasteiger charge is 2.25. The Kier molecular flexibility index (Phi) is 6.26. The summed E-state index contributed by atoms with van der Waals surface area (Å²) in [4.78, 5) is 2.30. The Morgan fingerprint density at radius 3 is 2.16 bits per heavy atom. The average molecular weight is 305 g/mol. The zero-order chi connectivity index (χ0) is 13.0. The molecule has 19 heavy (non-hydrogen) atoms. The van der Waals surface area contributed by atoms with Crippen molar-refractivity contribution in [3.63, 3.8) is 0 Å². The normalized spacial score (nSPS) is 17.9. The average Bonchev–Trinajstić information content (AvgIpc) is 2.40. The largest absolute Gasteiger partial charge is 0.296 e. The van der Waals surface area contributed by atoms with Gasteiger partial charge in [-0.05, 0) is 12.5 Å². The highest BCUT2D eigenvalue weighted by molar-refractivity contribution is 7.89. The van der Waals surface area contributed by atoms with E-state index in [1.165, 1.54) is 5.56 Å². The van der Waals surface area contributed by atoms with E-state index < -0.39 is 10.0 Å². The van der Waals surface area contributed by atoms with Gasteiger partial charge in [0, 0.05) is 32.7 Å². The molecule has 0 atom stereocenters. The standard InChI is InChI=1S/C13H20N2O2S.ClH/c1-2-18(16,17)15-10-8-14(9-11-15)12-13-6-4-3-5-7-13;/h3-7H,2,8-12H2,1H3;1H. The SMILES string of the molecule is CCS(=O)(=O)N1CCN(Cc2ccccc2)CC1.Cl. The molecule has 1 aliphatic rings. The summed E-state index contributed by atoms with van der Waals surface area (Å²) in [6.07, 6.45) is 0. The van der Waals surface area contributed by atoms with E-state index in [1.807, 2.05) is 18.2 Å². The summed E-state index contributed by atoms with van der Waals surface area (Å²) in [7, 11) is -3.01. The fourth-order valence-corrected chi connectivity index (χ4v) is 3.27. The topological polar surface area (TPSA) is 40.6 Å². The third-order valence-electron chi connectivity index (χ3n) is 3.34. The van der Waals surface area contributed by atoms with Crippen molar-refractivity contribution in [2.45, 2.75) is 13.5 Å². The minimum Gasteiger partial charge on any atom is -0.296 e. The van der Waals surface area contributed by atoms with Gasteiger partial charge >= 0.3 is 0 Å². The molecule has 1 fully saturated rings. The van der Waals surface area contributed by atoms with Gasteiger partial charge in [-0.25, -0.2) is 8.42 Å². The van der Waals surface area contributed by atoms with Crippen LogP contribution in [0, 0.1) is 0 Å². The van der Waals surface area contributed by atoms with Gasteiger partial charge in [-0.1, -0.05) is 30.3 Å². The van der Waals surface area contributed by atoms with Gasteiger partial charge in [0.1, 0.15) is 0 Å². The van der Waals surface area contributed by atoms with E-state index in [2.05, 4.69) is 17.0 Å². The molecule has 1 aromatic rings. The van der Waals surface area contributed by atoms with Crippen LogP contribution >= 0.6 is 12.4 Å². The van der Waals surface area contributed by atoms with Crippen LogP contribution < -0.4 is 0 Å². The van der Waals surface area contributed by atoms with Crippen molar-refractivity contribution in [3.05, 3.63) is 35.9 Å². The van der Waals surface area contributed by atoms with Gasteiger partial charge in [-0.3, -0.25) is 4.90 Å². The second-order valence-electron chi connectivity index (χ2n) is 4.56. The quantitative estimate of drug-likeness (QED) is 0.848.